The van der Waals surface area contributed by atoms with Crippen LogP contribution < -0.4 is 0 Å². The van der Waals surface area contributed by atoms with Crippen molar-refractivity contribution in [3.05, 3.63) is 101 Å². The molecule has 0 amide bonds. The molecule has 0 radical (unpaired) electrons. The number of rotatable bonds is 3. The van der Waals surface area contributed by atoms with E-state index in [4.69, 9.17) is 0 Å². The Morgan fingerprint density at radius 3 is 1.12 bits per heavy atom. The minimum atomic E-state index is 1.28. The van der Waals surface area contributed by atoms with Crippen LogP contribution in [0.25, 0.3) is 11.1 Å². The third-order valence-corrected chi connectivity index (χ3v) is 8.41. The molecular formula is C22H18S4. The summed E-state index contributed by atoms with van der Waals surface area (Å²) in [6, 6.07) is 17.8. The normalized spacial score (nSPS) is 15.8. The standard InChI is InChI=1S/C22H18S4/c1-15-3-7-17(8-4-15)19(21-23-11-12-24-21)20(22-25-13-14-26-22)18-9-5-16(2)6-10-18/h3-14H,1-2H3. The topological polar surface area (TPSA) is 0 Å². The van der Waals surface area contributed by atoms with Crippen LogP contribution >= 0.6 is 47.0 Å². The summed E-state index contributed by atoms with van der Waals surface area (Å²) >= 11 is 7.29. The van der Waals surface area contributed by atoms with Gasteiger partial charge in [-0.3, -0.25) is 0 Å². The molecular weight excluding hydrogens is 393 g/mol. The van der Waals surface area contributed by atoms with Crippen LogP contribution in [0.4, 0.5) is 0 Å². The molecule has 0 unspecified atom stereocenters. The van der Waals surface area contributed by atoms with E-state index in [0.29, 0.717) is 0 Å². The average molecular weight is 411 g/mol. The van der Waals surface area contributed by atoms with Gasteiger partial charge in [-0.1, -0.05) is 107 Å². The predicted octanol–water partition coefficient (Wildman–Crippen LogP) is 8.24. The van der Waals surface area contributed by atoms with Gasteiger partial charge in [-0.05, 0) is 46.6 Å². The molecule has 4 rings (SSSR count). The maximum Gasteiger partial charge on any atom is 0.0572 e. The number of aryl methyl sites for hydroxylation is 2. The average Bonchev–Trinajstić information content (AvgIpc) is 3.36. The summed E-state index contributed by atoms with van der Waals surface area (Å²) in [5.41, 5.74) is 7.83. The fourth-order valence-corrected chi connectivity index (χ4v) is 6.66. The lowest BCUT2D eigenvalue weighted by Gasteiger charge is -2.18. The van der Waals surface area contributed by atoms with Gasteiger partial charge < -0.3 is 0 Å². The molecule has 0 N–H and O–H groups in total. The lowest BCUT2D eigenvalue weighted by atomic mass is 9.94. The van der Waals surface area contributed by atoms with Crippen molar-refractivity contribution in [3.8, 4) is 0 Å². The molecule has 2 aromatic carbocycles. The number of benzene rings is 2. The van der Waals surface area contributed by atoms with E-state index in [-0.39, 0.29) is 0 Å². The molecule has 0 bridgehead atoms. The first-order valence-electron chi connectivity index (χ1n) is 8.32. The Hall–Kier alpha value is -1.20. The highest BCUT2D eigenvalue weighted by molar-refractivity contribution is 8.28. The van der Waals surface area contributed by atoms with Crippen LogP contribution in [0.2, 0.25) is 0 Å². The highest BCUT2D eigenvalue weighted by Gasteiger charge is 2.23. The molecule has 0 atom stereocenters. The molecule has 2 aliphatic heterocycles. The minimum absolute atomic E-state index is 1.28. The van der Waals surface area contributed by atoms with Gasteiger partial charge in [-0.25, -0.2) is 0 Å². The fraction of sp³-hybridized carbons (Fsp3) is 0.0909. The summed E-state index contributed by atoms with van der Waals surface area (Å²) in [6.07, 6.45) is 0. The first kappa shape index (κ1) is 18.2. The van der Waals surface area contributed by atoms with E-state index in [0.717, 1.165) is 0 Å². The second kappa shape index (κ2) is 8.22. The number of hydrogen-bond donors (Lipinski definition) is 0. The third kappa shape index (κ3) is 3.89. The van der Waals surface area contributed by atoms with Crippen LogP contribution in [0.5, 0.6) is 0 Å². The zero-order valence-electron chi connectivity index (χ0n) is 14.6. The van der Waals surface area contributed by atoms with Gasteiger partial charge in [0.05, 0.1) is 8.47 Å². The van der Waals surface area contributed by atoms with Crippen molar-refractivity contribution in [1.29, 1.82) is 0 Å². The summed E-state index contributed by atoms with van der Waals surface area (Å²) in [6.45, 7) is 4.28. The largest absolute Gasteiger partial charge is 0.0895 e. The molecule has 0 nitrogen and oxygen atoms in total. The molecule has 2 aromatic rings. The molecule has 0 aliphatic carbocycles. The lowest BCUT2D eigenvalue weighted by molar-refractivity contribution is 1.44. The van der Waals surface area contributed by atoms with Crippen molar-refractivity contribution in [2.45, 2.75) is 13.8 Å². The van der Waals surface area contributed by atoms with E-state index < -0.39 is 0 Å². The van der Waals surface area contributed by atoms with Gasteiger partial charge in [-0.15, -0.1) is 0 Å². The molecule has 26 heavy (non-hydrogen) atoms. The van der Waals surface area contributed by atoms with E-state index in [9.17, 15) is 0 Å². The Labute approximate surface area is 172 Å². The van der Waals surface area contributed by atoms with Crippen LogP contribution in [0.1, 0.15) is 22.3 Å². The van der Waals surface area contributed by atoms with Gasteiger partial charge in [-0.2, -0.15) is 0 Å². The van der Waals surface area contributed by atoms with Crippen LogP contribution in [-0.2, 0) is 0 Å². The van der Waals surface area contributed by atoms with Gasteiger partial charge in [0.15, 0.2) is 0 Å². The maximum absolute atomic E-state index is 2.25. The molecule has 0 fully saturated rings. The molecule has 2 aliphatic rings. The first-order chi connectivity index (χ1) is 12.7. The Morgan fingerprint density at radius 2 is 0.808 bits per heavy atom. The van der Waals surface area contributed by atoms with Crippen molar-refractivity contribution in [2.75, 3.05) is 0 Å². The van der Waals surface area contributed by atoms with Crippen molar-refractivity contribution < 1.29 is 0 Å². The lowest BCUT2D eigenvalue weighted by Crippen LogP contribution is -1.95. The summed E-state index contributed by atoms with van der Waals surface area (Å²) in [5, 5.41) is 8.72. The SMILES string of the molecule is Cc1ccc(C(=C2SC=CS2)C(=C2SC=CS2)c2ccc(C)cc2)cc1. The Bertz CT molecular complexity index is 830. The van der Waals surface area contributed by atoms with Crippen molar-refractivity contribution in [2.24, 2.45) is 0 Å². The van der Waals surface area contributed by atoms with Gasteiger partial charge in [0.1, 0.15) is 0 Å². The zero-order chi connectivity index (χ0) is 17.9. The number of hydrogen-bond acceptors (Lipinski definition) is 4. The van der Waals surface area contributed by atoms with Gasteiger partial charge in [0, 0.05) is 11.1 Å². The molecule has 4 heteroatoms. The van der Waals surface area contributed by atoms with Crippen molar-refractivity contribution in [1.82, 2.24) is 0 Å². The zero-order valence-corrected chi connectivity index (χ0v) is 17.8. The summed E-state index contributed by atoms with van der Waals surface area (Å²) in [4.78, 5) is 0. The van der Waals surface area contributed by atoms with E-state index in [1.54, 1.807) is 0 Å². The smallest absolute Gasteiger partial charge is 0.0572 e. The maximum atomic E-state index is 2.25. The monoisotopic (exact) mass is 410 g/mol. The molecule has 0 aromatic heterocycles. The Balaban J connectivity index is 1.93. The van der Waals surface area contributed by atoms with Crippen LogP contribution in [0.15, 0.2) is 78.6 Å². The highest BCUT2D eigenvalue weighted by Crippen LogP contribution is 2.52. The number of allylic oxidation sites excluding steroid dienone is 2. The second-order valence-electron chi connectivity index (χ2n) is 6.07. The van der Waals surface area contributed by atoms with Gasteiger partial charge in [0.2, 0.25) is 0 Å². The quantitative estimate of drug-likeness (QED) is 0.499. The summed E-state index contributed by atoms with van der Waals surface area (Å²) in [5.74, 6) is 0. The molecule has 0 saturated heterocycles. The van der Waals surface area contributed by atoms with Crippen LogP contribution in [0, 0.1) is 13.8 Å². The molecule has 0 saturated carbocycles. The van der Waals surface area contributed by atoms with Crippen molar-refractivity contribution in [3.63, 3.8) is 0 Å². The molecule has 2 heterocycles. The first-order valence-corrected chi connectivity index (χ1v) is 11.8. The third-order valence-electron chi connectivity index (χ3n) is 4.15. The van der Waals surface area contributed by atoms with E-state index in [1.165, 1.54) is 41.9 Å². The number of thioether (sulfide) groups is 4. The van der Waals surface area contributed by atoms with E-state index in [1.807, 2.05) is 47.0 Å². The van der Waals surface area contributed by atoms with E-state index >= 15 is 0 Å². The Morgan fingerprint density at radius 1 is 0.500 bits per heavy atom. The van der Waals surface area contributed by atoms with Gasteiger partial charge in [0.25, 0.3) is 0 Å². The minimum Gasteiger partial charge on any atom is -0.0895 e. The highest BCUT2D eigenvalue weighted by atomic mass is 32.2. The van der Waals surface area contributed by atoms with E-state index in [2.05, 4.69) is 84.0 Å². The second-order valence-corrected chi connectivity index (χ2v) is 10.3. The summed E-state index contributed by atoms with van der Waals surface area (Å²) < 4.78 is 2.70. The fourth-order valence-electron chi connectivity index (χ4n) is 2.82. The Kier molecular flexibility index (Phi) is 5.75. The molecule has 0 spiro atoms. The van der Waals surface area contributed by atoms with Crippen LogP contribution in [0.3, 0.4) is 0 Å². The van der Waals surface area contributed by atoms with Crippen LogP contribution in [-0.4, -0.2) is 0 Å². The summed E-state index contributed by atoms with van der Waals surface area (Å²) in [7, 11) is 0. The molecule has 130 valence electrons. The predicted molar refractivity (Wildman–Crippen MR) is 125 cm³/mol. The van der Waals surface area contributed by atoms with Gasteiger partial charge >= 0.3 is 0 Å². The van der Waals surface area contributed by atoms with Crippen molar-refractivity contribution >= 4 is 58.2 Å².